The lowest BCUT2D eigenvalue weighted by molar-refractivity contribution is 0.105. The number of rotatable bonds is 6. The molecule has 0 atom stereocenters. The zero-order chi connectivity index (χ0) is 21.1. The van der Waals surface area contributed by atoms with Crippen molar-refractivity contribution in [3.8, 4) is 11.5 Å². The molecule has 2 N–H and O–H groups in total. The molecular weight excluding hydrogens is 444 g/mol. The lowest BCUT2D eigenvalue weighted by Gasteiger charge is -2.08. The maximum Gasteiger partial charge on any atom is 0.196 e. The van der Waals surface area contributed by atoms with E-state index in [1.54, 1.807) is 36.4 Å². The van der Waals surface area contributed by atoms with Crippen molar-refractivity contribution in [2.45, 2.75) is 6.92 Å². The van der Waals surface area contributed by atoms with Gasteiger partial charge in [-0.15, -0.1) is 0 Å². The van der Waals surface area contributed by atoms with Crippen LogP contribution in [0.5, 0.6) is 11.5 Å². The van der Waals surface area contributed by atoms with Crippen molar-refractivity contribution < 1.29 is 14.6 Å². The molecule has 0 bridgehead atoms. The number of para-hydroxylation sites is 2. The summed E-state index contributed by atoms with van der Waals surface area (Å²) in [7, 11) is 0. The smallest absolute Gasteiger partial charge is 0.196 e. The van der Waals surface area contributed by atoms with E-state index in [2.05, 4.69) is 25.9 Å². The standard InChI is InChI=1S/C24H19BrN2O3/c1-2-30-22-14-15(7-12-21(22)28)13-18(23(29)16-8-10-17(25)11-9-16)24-26-19-5-3-4-6-20(19)27-24/h3-14,28H,2H2,1H3,(H,26,27)/b18-13+. The van der Waals surface area contributed by atoms with E-state index in [-0.39, 0.29) is 11.5 Å². The molecule has 1 heterocycles. The minimum Gasteiger partial charge on any atom is -0.504 e. The minimum absolute atomic E-state index is 0.0542. The van der Waals surface area contributed by atoms with Crippen LogP contribution in [-0.2, 0) is 0 Å². The van der Waals surface area contributed by atoms with Crippen molar-refractivity contribution >= 4 is 44.4 Å². The van der Waals surface area contributed by atoms with Crippen molar-refractivity contribution in [2.24, 2.45) is 0 Å². The molecule has 0 radical (unpaired) electrons. The Hall–Kier alpha value is -3.38. The first-order valence-electron chi connectivity index (χ1n) is 9.48. The molecule has 30 heavy (non-hydrogen) atoms. The third kappa shape index (κ3) is 4.14. The number of aromatic hydroxyl groups is 1. The average Bonchev–Trinajstić information content (AvgIpc) is 3.18. The zero-order valence-corrected chi connectivity index (χ0v) is 17.8. The highest BCUT2D eigenvalue weighted by Gasteiger charge is 2.18. The van der Waals surface area contributed by atoms with Crippen molar-refractivity contribution in [3.63, 3.8) is 0 Å². The molecule has 0 spiro atoms. The van der Waals surface area contributed by atoms with Crippen LogP contribution in [0.15, 0.2) is 71.2 Å². The summed E-state index contributed by atoms with van der Waals surface area (Å²) in [5.74, 6) is 0.743. The number of phenolic OH excluding ortho intramolecular Hbond substituents is 1. The van der Waals surface area contributed by atoms with E-state index in [0.29, 0.717) is 29.3 Å². The van der Waals surface area contributed by atoms with Crippen LogP contribution in [0.4, 0.5) is 0 Å². The van der Waals surface area contributed by atoms with Gasteiger partial charge in [-0.25, -0.2) is 4.98 Å². The molecule has 0 aliphatic heterocycles. The summed E-state index contributed by atoms with van der Waals surface area (Å²) in [6.07, 6.45) is 1.75. The number of halogens is 1. The molecule has 0 amide bonds. The van der Waals surface area contributed by atoms with E-state index in [9.17, 15) is 9.90 Å². The molecule has 1 aromatic heterocycles. The number of hydrogen-bond acceptors (Lipinski definition) is 4. The molecule has 0 fully saturated rings. The first-order chi connectivity index (χ1) is 14.5. The number of hydrogen-bond donors (Lipinski definition) is 2. The van der Waals surface area contributed by atoms with Crippen LogP contribution in [0.1, 0.15) is 28.7 Å². The highest BCUT2D eigenvalue weighted by Crippen LogP contribution is 2.30. The number of H-pyrrole nitrogens is 1. The van der Waals surface area contributed by atoms with Crippen LogP contribution >= 0.6 is 15.9 Å². The van der Waals surface area contributed by atoms with Gasteiger partial charge in [-0.1, -0.05) is 34.1 Å². The summed E-state index contributed by atoms with van der Waals surface area (Å²) in [5, 5.41) is 9.99. The molecule has 0 unspecified atom stereocenters. The number of phenols is 1. The summed E-state index contributed by atoms with van der Waals surface area (Å²) >= 11 is 3.40. The Kier molecular flexibility index (Phi) is 5.68. The van der Waals surface area contributed by atoms with Gasteiger partial charge in [0.25, 0.3) is 0 Å². The monoisotopic (exact) mass is 462 g/mol. The lowest BCUT2D eigenvalue weighted by Crippen LogP contribution is -2.04. The number of carbonyl (C=O) groups is 1. The second-order valence-corrected chi connectivity index (χ2v) is 7.57. The summed E-state index contributed by atoms with van der Waals surface area (Å²) in [6, 6.07) is 19.8. The molecule has 0 saturated heterocycles. The van der Waals surface area contributed by atoms with E-state index in [0.717, 1.165) is 21.1 Å². The Balaban J connectivity index is 1.84. The van der Waals surface area contributed by atoms with Crippen LogP contribution < -0.4 is 4.74 Å². The molecule has 0 aliphatic carbocycles. The van der Waals surface area contributed by atoms with E-state index in [4.69, 9.17) is 4.74 Å². The van der Waals surface area contributed by atoms with Crippen LogP contribution in [0.2, 0.25) is 0 Å². The highest BCUT2D eigenvalue weighted by atomic mass is 79.9. The van der Waals surface area contributed by atoms with Gasteiger partial charge < -0.3 is 14.8 Å². The van der Waals surface area contributed by atoms with Gasteiger partial charge in [-0.05, 0) is 67.1 Å². The van der Waals surface area contributed by atoms with Crippen LogP contribution in [0.3, 0.4) is 0 Å². The Morgan fingerprint density at radius 3 is 2.63 bits per heavy atom. The number of ketones is 1. The number of Topliss-reactive ketones (excluding diaryl/α,β-unsaturated/α-hetero) is 1. The Morgan fingerprint density at radius 1 is 1.13 bits per heavy atom. The second-order valence-electron chi connectivity index (χ2n) is 6.66. The number of aromatic nitrogens is 2. The third-order valence-electron chi connectivity index (χ3n) is 4.59. The van der Waals surface area contributed by atoms with E-state index in [1.165, 1.54) is 0 Å². The number of nitrogens with zero attached hydrogens (tertiary/aromatic N) is 1. The van der Waals surface area contributed by atoms with Gasteiger partial charge in [0.1, 0.15) is 5.82 Å². The maximum atomic E-state index is 13.4. The summed E-state index contributed by atoms with van der Waals surface area (Å²) < 4.78 is 6.37. The first-order valence-corrected chi connectivity index (χ1v) is 10.3. The van der Waals surface area contributed by atoms with Crippen LogP contribution in [0, 0.1) is 0 Å². The van der Waals surface area contributed by atoms with Crippen molar-refractivity contribution in [2.75, 3.05) is 6.61 Å². The van der Waals surface area contributed by atoms with E-state index in [1.807, 2.05) is 43.3 Å². The molecule has 150 valence electrons. The summed E-state index contributed by atoms with van der Waals surface area (Å²) in [6.45, 7) is 2.27. The topological polar surface area (TPSA) is 75.2 Å². The molecule has 0 saturated carbocycles. The number of imidazole rings is 1. The van der Waals surface area contributed by atoms with Gasteiger partial charge in [0.2, 0.25) is 0 Å². The van der Waals surface area contributed by atoms with Crippen molar-refractivity contribution in [1.82, 2.24) is 9.97 Å². The average molecular weight is 463 g/mol. The predicted molar refractivity (Wildman–Crippen MR) is 122 cm³/mol. The summed E-state index contributed by atoms with van der Waals surface area (Å²) in [4.78, 5) is 21.2. The minimum atomic E-state index is -0.160. The fourth-order valence-corrected chi connectivity index (χ4v) is 3.40. The largest absolute Gasteiger partial charge is 0.504 e. The normalized spacial score (nSPS) is 11.6. The number of carbonyl (C=O) groups excluding carboxylic acids is 1. The van der Waals surface area contributed by atoms with Crippen molar-refractivity contribution in [3.05, 3.63) is 88.2 Å². The Labute approximate surface area is 182 Å². The fourth-order valence-electron chi connectivity index (χ4n) is 3.14. The van der Waals surface area contributed by atoms with Gasteiger partial charge in [-0.2, -0.15) is 0 Å². The van der Waals surface area contributed by atoms with E-state index >= 15 is 0 Å². The number of benzene rings is 3. The van der Waals surface area contributed by atoms with Crippen LogP contribution in [0.25, 0.3) is 22.7 Å². The number of nitrogens with one attached hydrogen (secondary N) is 1. The van der Waals surface area contributed by atoms with Crippen LogP contribution in [-0.4, -0.2) is 27.5 Å². The first kappa shape index (κ1) is 19.9. The SMILES string of the molecule is CCOc1cc(/C=C(\C(=O)c2ccc(Br)cc2)c2nc3ccccc3[nH]2)ccc1O. The number of fused-ring (bicyclic) bond motifs is 1. The number of aromatic amines is 1. The number of allylic oxidation sites excluding steroid dienone is 1. The predicted octanol–water partition coefficient (Wildman–Crippen LogP) is 5.85. The lowest BCUT2D eigenvalue weighted by atomic mass is 10.00. The van der Waals surface area contributed by atoms with Crippen molar-refractivity contribution in [1.29, 1.82) is 0 Å². The second kappa shape index (κ2) is 8.55. The number of ether oxygens (including phenoxy) is 1. The van der Waals surface area contributed by atoms with Gasteiger partial charge >= 0.3 is 0 Å². The molecule has 3 aromatic carbocycles. The fraction of sp³-hybridized carbons (Fsp3) is 0.0833. The highest BCUT2D eigenvalue weighted by molar-refractivity contribution is 9.10. The molecule has 0 aliphatic rings. The van der Waals surface area contributed by atoms with Gasteiger partial charge in [0.15, 0.2) is 17.3 Å². The van der Waals surface area contributed by atoms with Gasteiger partial charge in [0.05, 0.1) is 23.2 Å². The zero-order valence-electron chi connectivity index (χ0n) is 16.2. The Morgan fingerprint density at radius 2 is 1.90 bits per heavy atom. The maximum absolute atomic E-state index is 13.4. The molecule has 6 heteroatoms. The molecule has 4 aromatic rings. The third-order valence-corrected chi connectivity index (χ3v) is 5.12. The van der Waals surface area contributed by atoms with E-state index < -0.39 is 0 Å². The quantitative estimate of drug-likeness (QED) is 0.278. The summed E-state index contributed by atoms with van der Waals surface area (Å²) in [5.41, 5.74) is 3.32. The molecule has 4 rings (SSSR count). The molecule has 5 nitrogen and oxygen atoms in total. The van der Waals surface area contributed by atoms with Gasteiger partial charge in [-0.3, -0.25) is 4.79 Å². The molecular formula is C24H19BrN2O3. The van der Waals surface area contributed by atoms with Gasteiger partial charge in [0, 0.05) is 10.0 Å². The Bertz CT molecular complexity index is 1210.